The molecule has 8 nitrogen and oxygen atoms in total. The van der Waals surface area contributed by atoms with E-state index in [1.807, 2.05) is 12.1 Å². The summed E-state index contributed by atoms with van der Waals surface area (Å²) in [6.45, 7) is 0. The topological polar surface area (TPSA) is 84.8 Å². The molecular weight excluding hydrogens is 378 g/mol. The van der Waals surface area contributed by atoms with Crippen molar-refractivity contribution in [3.8, 4) is 23.0 Å². The minimum Gasteiger partial charge on any atom is -0.497 e. The molecule has 0 fully saturated rings. The molecule has 0 saturated heterocycles. The van der Waals surface area contributed by atoms with Crippen LogP contribution in [0, 0.1) is 0 Å². The number of benzene rings is 2. The molecule has 1 aliphatic rings. The number of carbonyl (C=O) groups is 1. The average molecular weight is 401 g/mol. The molecule has 0 amide bonds. The molecule has 0 N–H and O–H groups in total. The molecule has 2 aromatic carbocycles. The number of hydrogen-bond donors (Lipinski definition) is 0. The van der Waals surface area contributed by atoms with Gasteiger partial charge in [0.2, 0.25) is 11.6 Å². The Hall–Kier alpha value is -3.42. The number of methoxy groups -OCH3 is 5. The Kier molecular flexibility index (Phi) is 6.11. The Morgan fingerprint density at radius 2 is 1.52 bits per heavy atom. The molecule has 1 heterocycles. The maximum atomic E-state index is 12.3. The molecule has 0 spiro atoms. The van der Waals surface area contributed by atoms with Crippen molar-refractivity contribution in [3.63, 3.8) is 0 Å². The minimum atomic E-state index is -0.845. The zero-order valence-corrected chi connectivity index (χ0v) is 16.9. The second-order valence-electron chi connectivity index (χ2n) is 6.13. The number of ether oxygens (including phenoxy) is 6. The first-order valence-corrected chi connectivity index (χ1v) is 8.82. The first-order chi connectivity index (χ1) is 14.1. The second-order valence-corrected chi connectivity index (χ2v) is 6.13. The minimum absolute atomic E-state index is 0.278. The summed E-state index contributed by atoms with van der Waals surface area (Å²) in [5, 5.41) is 0. The number of esters is 1. The first kappa shape index (κ1) is 20.3. The third-order valence-corrected chi connectivity index (χ3v) is 4.58. The van der Waals surface area contributed by atoms with E-state index < -0.39 is 18.1 Å². The highest BCUT2D eigenvalue weighted by Gasteiger charge is 2.39. The third kappa shape index (κ3) is 3.91. The quantitative estimate of drug-likeness (QED) is 0.660. The largest absolute Gasteiger partial charge is 0.497 e. The molecule has 1 aliphatic heterocycles. The van der Waals surface area contributed by atoms with E-state index in [0.717, 1.165) is 5.56 Å². The standard InChI is InChI=1S/C21H23NO7/c1-24-14-8-6-12(7-9-14)18-17(21(23)28-5)22-20(29-18)13-10-15(25-2)19(27-4)16(11-13)26-3/h6-11,17-18H,1-5H3/t17-,18+/m1/s1. The fourth-order valence-corrected chi connectivity index (χ4v) is 3.10. The van der Waals surface area contributed by atoms with Gasteiger partial charge in [-0.2, -0.15) is 0 Å². The zero-order chi connectivity index (χ0) is 21.0. The van der Waals surface area contributed by atoms with Crippen molar-refractivity contribution >= 4 is 11.9 Å². The summed E-state index contributed by atoms with van der Waals surface area (Å²) in [6.07, 6.45) is -0.637. The van der Waals surface area contributed by atoms with Crippen molar-refractivity contribution in [1.82, 2.24) is 0 Å². The fourth-order valence-electron chi connectivity index (χ4n) is 3.10. The molecule has 2 aromatic rings. The predicted octanol–water partition coefficient (Wildman–Crippen LogP) is 2.78. The summed E-state index contributed by atoms with van der Waals surface area (Å²) >= 11 is 0. The van der Waals surface area contributed by atoms with Gasteiger partial charge in [-0.05, 0) is 29.8 Å². The Morgan fingerprint density at radius 1 is 0.897 bits per heavy atom. The van der Waals surface area contributed by atoms with E-state index >= 15 is 0 Å². The van der Waals surface area contributed by atoms with Crippen LogP contribution >= 0.6 is 0 Å². The molecule has 29 heavy (non-hydrogen) atoms. The molecule has 2 atom stereocenters. The lowest BCUT2D eigenvalue weighted by Crippen LogP contribution is -2.25. The van der Waals surface area contributed by atoms with E-state index in [2.05, 4.69) is 4.99 Å². The van der Waals surface area contributed by atoms with Crippen LogP contribution < -0.4 is 18.9 Å². The van der Waals surface area contributed by atoms with Crippen LogP contribution in [0.15, 0.2) is 41.4 Å². The number of aliphatic imine (C=N–C) groups is 1. The Labute approximate surface area is 169 Å². The highest BCUT2D eigenvalue weighted by Crippen LogP contribution is 2.40. The van der Waals surface area contributed by atoms with Crippen molar-refractivity contribution in [2.75, 3.05) is 35.5 Å². The number of hydrogen-bond acceptors (Lipinski definition) is 8. The number of rotatable bonds is 7. The van der Waals surface area contributed by atoms with E-state index in [4.69, 9.17) is 28.4 Å². The van der Waals surface area contributed by atoms with Gasteiger partial charge in [-0.25, -0.2) is 9.79 Å². The van der Waals surface area contributed by atoms with Crippen molar-refractivity contribution in [2.45, 2.75) is 12.1 Å². The van der Waals surface area contributed by atoms with Crippen LogP contribution in [0.2, 0.25) is 0 Å². The summed E-state index contributed by atoms with van der Waals surface area (Å²) in [6, 6.07) is 9.83. The summed E-state index contributed by atoms with van der Waals surface area (Å²) in [5.74, 6) is 1.85. The van der Waals surface area contributed by atoms with Gasteiger partial charge in [-0.1, -0.05) is 12.1 Å². The monoisotopic (exact) mass is 401 g/mol. The number of carbonyl (C=O) groups excluding carboxylic acids is 1. The van der Waals surface area contributed by atoms with Gasteiger partial charge < -0.3 is 28.4 Å². The van der Waals surface area contributed by atoms with Gasteiger partial charge in [0.1, 0.15) is 5.75 Å². The van der Waals surface area contributed by atoms with Crippen LogP contribution in [0.5, 0.6) is 23.0 Å². The van der Waals surface area contributed by atoms with Gasteiger partial charge in [-0.3, -0.25) is 0 Å². The summed E-state index contributed by atoms with van der Waals surface area (Å²) < 4.78 is 32.3. The number of nitrogens with zero attached hydrogens (tertiary/aromatic N) is 1. The van der Waals surface area contributed by atoms with Crippen molar-refractivity contribution in [1.29, 1.82) is 0 Å². The van der Waals surface area contributed by atoms with E-state index in [1.165, 1.54) is 28.4 Å². The molecule has 8 heteroatoms. The van der Waals surface area contributed by atoms with Gasteiger partial charge in [0, 0.05) is 5.56 Å². The van der Waals surface area contributed by atoms with E-state index in [0.29, 0.717) is 28.6 Å². The molecule has 0 aliphatic carbocycles. The summed E-state index contributed by atoms with van der Waals surface area (Å²) in [5.41, 5.74) is 1.36. The SMILES string of the molecule is COC(=O)[C@@H]1N=C(c2cc(OC)c(OC)c(OC)c2)O[C@H]1c1ccc(OC)cc1. The van der Waals surface area contributed by atoms with Crippen LogP contribution in [0.4, 0.5) is 0 Å². The average Bonchev–Trinajstić information content (AvgIpc) is 3.23. The van der Waals surface area contributed by atoms with Crippen LogP contribution in [-0.4, -0.2) is 53.5 Å². The Morgan fingerprint density at radius 3 is 2.00 bits per heavy atom. The smallest absolute Gasteiger partial charge is 0.335 e. The molecule has 0 unspecified atom stereocenters. The molecule has 3 rings (SSSR count). The second kappa shape index (κ2) is 8.72. The fraction of sp³-hybridized carbons (Fsp3) is 0.333. The van der Waals surface area contributed by atoms with Crippen LogP contribution in [-0.2, 0) is 14.3 Å². The predicted molar refractivity (Wildman–Crippen MR) is 105 cm³/mol. The highest BCUT2D eigenvalue weighted by atomic mass is 16.5. The van der Waals surface area contributed by atoms with Crippen molar-refractivity contribution in [3.05, 3.63) is 47.5 Å². The maximum absolute atomic E-state index is 12.3. The van der Waals surface area contributed by atoms with Crippen molar-refractivity contribution in [2.24, 2.45) is 4.99 Å². The molecule has 0 radical (unpaired) electrons. The molecule has 0 aromatic heterocycles. The Bertz CT molecular complexity index is 883. The van der Waals surface area contributed by atoms with Crippen molar-refractivity contribution < 1.29 is 33.2 Å². The van der Waals surface area contributed by atoms with Gasteiger partial charge >= 0.3 is 5.97 Å². The lowest BCUT2D eigenvalue weighted by atomic mass is 10.0. The third-order valence-electron chi connectivity index (χ3n) is 4.58. The van der Waals surface area contributed by atoms with Gasteiger partial charge in [0.25, 0.3) is 0 Å². The summed E-state index contributed by atoms with van der Waals surface area (Å²) in [4.78, 5) is 16.8. The van der Waals surface area contributed by atoms with E-state index in [-0.39, 0.29) is 5.90 Å². The molecule has 154 valence electrons. The summed E-state index contributed by atoms with van der Waals surface area (Å²) in [7, 11) is 7.48. The maximum Gasteiger partial charge on any atom is 0.335 e. The van der Waals surface area contributed by atoms with Gasteiger partial charge in [-0.15, -0.1) is 0 Å². The normalized spacial score (nSPS) is 17.8. The van der Waals surface area contributed by atoms with E-state index in [1.54, 1.807) is 31.4 Å². The Balaban J connectivity index is 2.00. The lowest BCUT2D eigenvalue weighted by molar-refractivity contribution is -0.143. The highest BCUT2D eigenvalue weighted by molar-refractivity contribution is 5.99. The molecule has 0 saturated carbocycles. The van der Waals surface area contributed by atoms with E-state index in [9.17, 15) is 4.79 Å². The molecule has 0 bridgehead atoms. The molecular formula is C21H23NO7. The van der Waals surface area contributed by atoms with Crippen LogP contribution in [0.3, 0.4) is 0 Å². The first-order valence-electron chi connectivity index (χ1n) is 8.82. The lowest BCUT2D eigenvalue weighted by Gasteiger charge is -2.17. The van der Waals surface area contributed by atoms with Gasteiger partial charge in [0.05, 0.1) is 35.5 Å². The van der Waals surface area contributed by atoms with Crippen LogP contribution in [0.25, 0.3) is 0 Å². The zero-order valence-electron chi connectivity index (χ0n) is 16.9. The van der Waals surface area contributed by atoms with Gasteiger partial charge in [0.15, 0.2) is 23.6 Å². The van der Waals surface area contributed by atoms with Crippen LogP contribution in [0.1, 0.15) is 17.2 Å².